The third-order valence-electron chi connectivity index (χ3n) is 4.46. The summed E-state index contributed by atoms with van der Waals surface area (Å²) in [6.07, 6.45) is 0. The first-order valence-electron chi connectivity index (χ1n) is 8.57. The number of para-hydroxylation sites is 1. The lowest BCUT2D eigenvalue weighted by atomic mass is 10.1. The van der Waals surface area contributed by atoms with E-state index in [0.717, 1.165) is 10.2 Å². The van der Waals surface area contributed by atoms with Crippen LogP contribution in [0.4, 0.5) is 27.6 Å². The van der Waals surface area contributed by atoms with Crippen molar-refractivity contribution in [2.45, 2.75) is 6.92 Å². The fourth-order valence-electron chi connectivity index (χ4n) is 2.87. The van der Waals surface area contributed by atoms with Gasteiger partial charge in [-0.05, 0) is 30.7 Å². The summed E-state index contributed by atoms with van der Waals surface area (Å²) in [4.78, 5) is 16.8. The van der Waals surface area contributed by atoms with Gasteiger partial charge >= 0.3 is 0 Å². The van der Waals surface area contributed by atoms with Crippen LogP contribution in [0.5, 0.6) is 0 Å². The molecule has 0 aliphatic heterocycles. The number of hydrogen-bond donors (Lipinski definition) is 1. The Labute approximate surface area is 170 Å². The molecular formula is C21H11F5N2OS. The summed E-state index contributed by atoms with van der Waals surface area (Å²) >= 11 is 1.41. The van der Waals surface area contributed by atoms with Crippen LogP contribution >= 0.6 is 11.3 Å². The van der Waals surface area contributed by atoms with Gasteiger partial charge in [0.15, 0.2) is 23.3 Å². The van der Waals surface area contributed by atoms with Crippen LogP contribution in [0.3, 0.4) is 0 Å². The number of rotatable bonds is 3. The van der Waals surface area contributed by atoms with Crippen LogP contribution in [0.1, 0.15) is 15.9 Å². The second-order valence-corrected chi connectivity index (χ2v) is 7.45. The lowest BCUT2D eigenvalue weighted by Gasteiger charge is -2.12. The van der Waals surface area contributed by atoms with Gasteiger partial charge in [-0.1, -0.05) is 24.3 Å². The van der Waals surface area contributed by atoms with E-state index in [1.165, 1.54) is 17.4 Å². The molecule has 1 heterocycles. The first-order valence-corrected chi connectivity index (χ1v) is 9.39. The van der Waals surface area contributed by atoms with Gasteiger partial charge in [0.1, 0.15) is 10.6 Å². The van der Waals surface area contributed by atoms with Gasteiger partial charge in [-0.3, -0.25) is 4.79 Å². The van der Waals surface area contributed by atoms with Gasteiger partial charge < -0.3 is 5.32 Å². The lowest BCUT2D eigenvalue weighted by molar-refractivity contribution is 0.101. The Morgan fingerprint density at radius 2 is 1.53 bits per heavy atom. The highest BCUT2D eigenvalue weighted by Gasteiger charge is 2.30. The van der Waals surface area contributed by atoms with Gasteiger partial charge in [0.05, 0.1) is 10.2 Å². The van der Waals surface area contributed by atoms with Crippen molar-refractivity contribution in [1.82, 2.24) is 4.98 Å². The van der Waals surface area contributed by atoms with Gasteiger partial charge in [-0.25, -0.2) is 26.9 Å². The van der Waals surface area contributed by atoms with E-state index in [2.05, 4.69) is 10.3 Å². The Hall–Kier alpha value is -3.33. The molecule has 0 aliphatic carbocycles. The summed E-state index contributed by atoms with van der Waals surface area (Å²) in [6, 6.07) is 12.4. The van der Waals surface area contributed by atoms with Crippen LogP contribution < -0.4 is 5.32 Å². The van der Waals surface area contributed by atoms with Gasteiger partial charge in [-0.2, -0.15) is 0 Å². The fraction of sp³-hybridized carbons (Fsp3) is 0.0476. The Balaban J connectivity index is 1.72. The zero-order valence-electron chi connectivity index (χ0n) is 15.2. The van der Waals surface area contributed by atoms with Crippen LogP contribution in [-0.2, 0) is 0 Å². The van der Waals surface area contributed by atoms with Gasteiger partial charge in [0.25, 0.3) is 5.91 Å². The number of hydrogen-bond acceptors (Lipinski definition) is 3. The predicted molar refractivity (Wildman–Crippen MR) is 104 cm³/mol. The Bertz CT molecular complexity index is 1260. The van der Waals surface area contributed by atoms with E-state index in [0.29, 0.717) is 16.1 Å². The Morgan fingerprint density at radius 3 is 2.20 bits per heavy atom. The number of nitrogens with zero attached hydrogens (tertiary/aromatic N) is 1. The van der Waals surface area contributed by atoms with E-state index in [4.69, 9.17) is 0 Å². The molecule has 3 aromatic carbocycles. The Morgan fingerprint density at radius 1 is 0.900 bits per heavy atom. The minimum absolute atomic E-state index is 0.153. The standard InChI is InChI=1S/C21H11F5N2OS/c1-9-6-7-10(21-28-11-4-2-3-5-13(11)30-21)8-12(9)27-20(29)14-15(22)17(24)19(26)18(25)16(14)23/h2-8H,1H3,(H,27,29). The van der Waals surface area contributed by atoms with Crippen molar-refractivity contribution in [2.75, 3.05) is 5.32 Å². The number of benzene rings is 3. The van der Waals surface area contributed by atoms with Crippen molar-refractivity contribution in [2.24, 2.45) is 0 Å². The second kappa shape index (κ2) is 7.49. The molecule has 0 aliphatic rings. The molecule has 9 heteroatoms. The molecule has 0 atom stereocenters. The molecule has 0 saturated heterocycles. The topological polar surface area (TPSA) is 42.0 Å². The normalized spacial score (nSPS) is 11.1. The first-order chi connectivity index (χ1) is 14.3. The highest BCUT2D eigenvalue weighted by atomic mass is 32.1. The maximum absolute atomic E-state index is 13.9. The largest absolute Gasteiger partial charge is 0.322 e. The molecule has 0 radical (unpaired) electrons. The fourth-order valence-corrected chi connectivity index (χ4v) is 3.84. The zero-order chi connectivity index (χ0) is 21.6. The van der Waals surface area contributed by atoms with Crippen LogP contribution in [0, 0.1) is 36.0 Å². The summed E-state index contributed by atoms with van der Waals surface area (Å²) in [5.41, 5.74) is 0.536. The monoisotopic (exact) mass is 434 g/mol. The van der Waals surface area contributed by atoms with Gasteiger partial charge in [0, 0.05) is 11.3 Å². The number of halogens is 5. The third kappa shape index (κ3) is 3.30. The van der Waals surface area contributed by atoms with Gasteiger partial charge in [-0.15, -0.1) is 11.3 Å². The van der Waals surface area contributed by atoms with E-state index in [-0.39, 0.29) is 5.69 Å². The van der Waals surface area contributed by atoms with E-state index >= 15 is 0 Å². The van der Waals surface area contributed by atoms with Crippen LogP contribution in [0.2, 0.25) is 0 Å². The van der Waals surface area contributed by atoms with Crippen molar-refractivity contribution in [1.29, 1.82) is 0 Å². The maximum Gasteiger partial charge on any atom is 0.261 e. The summed E-state index contributed by atoms with van der Waals surface area (Å²) in [5, 5.41) is 2.87. The maximum atomic E-state index is 13.9. The van der Waals surface area contributed by atoms with Crippen molar-refractivity contribution < 1.29 is 26.7 Å². The van der Waals surface area contributed by atoms with Crippen molar-refractivity contribution in [3.63, 3.8) is 0 Å². The number of amides is 1. The molecule has 30 heavy (non-hydrogen) atoms. The molecule has 0 bridgehead atoms. The van der Waals surface area contributed by atoms with Crippen LogP contribution in [0.25, 0.3) is 20.8 Å². The van der Waals surface area contributed by atoms with E-state index < -0.39 is 40.6 Å². The van der Waals surface area contributed by atoms with Gasteiger partial charge in [0.2, 0.25) is 5.82 Å². The highest BCUT2D eigenvalue weighted by molar-refractivity contribution is 7.21. The quantitative estimate of drug-likeness (QED) is 0.236. The lowest BCUT2D eigenvalue weighted by Crippen LogP contribution is -2.19. The second-order valence-electron chi connectivity index (χ2n) is 6.42. The number of nitrogens with one attached hydrogen (secondary N) is 1. The predicted octanol–water partition coefficient (Wildman–Crippen LogP) is 6.22. The van der Waals surface area contributed by atoms with Crippen molar-refractivity contribution >= 4 is 33.1 Å². The smallest absolute Gasteiger partial charge is 0.261 e. The molecule has 0 saturated carbocycles. The number of anilines is 1. The Kier molecular flexibility index (Phi) is 4.98. The molecule has 0 spiro atoms. The molecule has 152 valence electrons. The summed E-state index contributed by atoms with van der Waals surface area (Å²) in [7, 11) is 0. The SMILES string of the molecule is Cc1ccc(-c2nc3ccccc3s2)cc1NC(=O)c1c(F)c(F)c(F)c(F)c1F. The first kappa shape index (κ1) is 20.0. The van der Waals surface area contributed by atoms with E-state index in [9.17, 15) is 26.7 Å². The molecular weight excluding hydrogens is 423 g/mol. The number of aryl methyl sites for hydroxylation is 1. The summed E-state index contributed by atoms with van der Waals surface area (Å²) in [5.74, 6) is -12.5. The zero-order valence-corrected chi connectivity index (χ0v) is 16.0. The third-order valence-corrected chi connectivity index (χ3v) is 5.55. The number of fused-ring (bicyclic) bond motifs is 1. The molecule has 0 unspecified atom stereocenters. The number of carbonyl (C=O) groups is 1. The number of thiazole rings is 1. The molecule has 1 N–H and O–H groups in total. The van der Waals surface area contributed by atoms with E-state index in [1.54, 1.807) is 19.1 Å². The molecule has 0 fully saturated rings. The molecule has 1 amide bonds. The molecule has 3 nitrogen and oxygen atoms in total. The molecule has 4 aromatic rings. The molecule has 1 aromatic heterocycles. The number of carbonyl (C=O) groups excluding carboxylic acids is 1. The summed E-state index contributed by atoms with van der Waals surface area (Å²) < 4.78 is 68.9. The summed E-state index contributed by atoms with van der Waals surface area (Å²) in [6.45, 7) is 1.62. The highest BCUT2D eigenvalue weighted by Crippen LogP contribution is 2.33. The van der Waals surface area contributed by atoms with E-state index in [1.807, 2.05) is 24.3 Å². The van der Waals surface area contributed by atoms with Crippen LogP contribution in [-0.4, -0.2) is 10.9 Å². The molecule has 4 rings (SSSR count). The minimum Gasteiger partial charge on any atom is -0.322 e. The van der Waals surface area contributed by atoms with Crippen LogP contribution in [0.15, 0.2) is 42.5 Å². The average Bonchev–Trinajstić information content (AvgIpc) is 3.17. The number of aromatic nitrogens is 1. The average molecular weight is 434 g/mol. The van der Waals surface area contributed by atoms with Crippen molar-refractivity contribution in [3.05, 3.63) is 82.7 Å². The minimum atomic E-state index is -2.32. The van der Waals surface area contributed by atoms with Crippen molar-refractivity contribution in [3.8, 4) is 10.6 Å².